The van der Waals surface area contributed by atoms with Gasteiger partial charge < -0.3 is 5.32 Å². The van der Waals surface area contributed by atoms with Gasteiger partial charge in [0.2, 0.25) is 0 Å². The fraction of sp³-hybridized carbons (Fsp3) is 0.250. The predicted molar refractivity (Wildman–Crippen MR) is 57.6 cm³/mol. The van der Waals surface area contributed by atoms with Gasteiger partial charge in [0, 0.05) is 23.7 Å². The van der Waals surface area contributed by atoms with Crippen LogP contribution in [0, 0.1) is 0 Å². The van der Waals surface area contributed by atoms with Gasteiger partial charge in [-0.1, -0.05) is 24.3 Å². The van der Waals surface area contributed by atoms with E-state index in [1.165, 1.54) is 0 Å². The van der Waals surface area contributed by atoms with Crippen molar-refractivity contribution in [3.8, 4) is 0 Å². The van der Waals surface area contributed by atoms with E-state index in [-0.39, 0.29) is 11.8 Å². The third-order valence-electron chi connectivity index (χ3n) is 2.34. The highest BCUT2D eigenvalue weighted by atomic mass is 16.1. The standard InChI is InChI=1S/C12H13NO/c1-9-5-4-8-12(14)10-6-2-3-7-11(10)13-9/h2-7,9,13H,8H2,1H3. The third-order valence-corrected chi connectivity index (χ3v) is 2.34. The van der Waals surface area contributed by atoms with Gasteiger partial charge in [-0.15, -0.1) is 0 Å². The number of hydrogen-bond acceptors (Lipinski definition) is 2. The van der Waals surface area contributed by atoms with E-state index in [1.807, 2.05) is 36.4 Å². The van der Waals surface area contributed by atoms with Gasteiger partial charge in [-0.2, -0.15) is 0 Å². The average molecular weight is 187 g/mol. The van der Waals surface area contributed by atoms with E-state index < -0.39 is 0 Å². The molecule has 1 aromatic carbocycles. The molecule has 2 rings (SSSR count). The van der Waals surface area contributed by atoms with E-state index in [1.54, 1.807) is 0 Å². The van der Waals surface area contributed by atoms with Gasteiger partial charge in [0.05, 0.1) is 0 Å². The van der Waals surface area contributed by atoms with Crippen LogP contribution < -0.4 is 5.32 Å². The second-order valence-corrected chi connectivity index (χ2v) is 3.53. The number of carbonyl (C=O) groups is 1. The number of rotatable bonds is 0. The average Bonchev–Trinajstić information content (AvgIpc) is 2.16. The van der Waals surface area contributed by atoms with Gasteiger partial charge in [-0.3, -0.25) is 4.79 Å². The maximum atomic E-state index is 11.7. The summed E-state index contributed by atoms with van der Waals surface area (Å²) >= 11 is 0. The SMILES string of the molecule is CC1C=CCC(=O)c2ccccc2N1. The largest absolute Gasteiger partial charge is 0.379 e. The number of carbonyl (C=O) groups excluding carboxylic acids is 1. The number of allylic oxidation sites excluding steroid dienone is 1. The zero-order valence-corrected chi connectivity index (χ0v) is 8.16. The van der Waals surface area contributed by atoms with Crippen molar-refractivity contribution >= 4 is 11.5 Å². The van der Waals surface area contributed by atoms with Crippen LogP contribution in [-0.2, 0) is 0 Å². The molecule has 2 nitrogen and oxygen atoms in total. The summed E-state index contributed by atoms with van der Waals surface area (Å²) in [4.78, 5) is 11.7. The van der Waals surface area contributed by atoms with Crippen molar-refractivity contribution < 1.29 is 4.79 Å². The molecule has 0 amide bonds. The first-order valence-electron chi connectivity index (χ1n) is 4.83. The summed E-state index contributed by atoms with van der Waals surface area (Å²) in [6.07, 6.45) is 4.45. The van der Waals surface area contributed by atoms with Crippen LogP contribution in [0.15, 0.2) is 36.4 Å². The van der Waals surface area contributed by atoms with Crippen molar-refractivity contribution in [1.29, 1.82) is 0 Å². The van der Waals surface area contributed by atoms with E-state index in [9.17, 15) is 4.79 Å². The van der Waals surface area contributed by atoms with Crippen LogP contribution in [0.3, 0.4) is 0 Å². The molecule has 1 aliphatic rings. The topological polar surface area (TPSA) is 29.1 Å². The molecule has 1 unspecified atom stereocenters. The molecule has 0 aliphatic carbocycles. The Labute approximate surface area is 83.6 Å². The zero-order chi connectivity index (χ0) is 9.97. The summed E-state index contributed by atoms with van der Waals surface area (Å²) in [7, 11) is 0. The zero-order valence-electron chi connectivity index (χ0n) is 8.16. The molecule has 2 heteroatoms. The molecule has 14 heavy (non-hydrogen) atoms. The minimum Gasteiger partial charge on any atom is -0.379 e. The fourth-order valence-electron chi connectivity index (χ4n) is 1.63. The number of nitrogens with one attached hydrogen (secondary N) is 1. The number of fused-ring (bicyclic) bond motifs is 1. The Morgan fingerprint density at radius 2 is 2.14 bits per heavy atom. The summed E-state index contributed by atoms with van der Waals surface area (Å²) in [5.41, 5.74) is 1.73. The number of benzene rings is 1. The monoisotopic (exact) mass is 187 g/mol. The van der Waals surface area contributed by atoms with Crippen molar-refractivity contribution in [1.82, 2.24) is 0 Å². The fourth-order valence-corrected chi connectivity index (χ4v) is 1.63. The van der Waals surface area contributed by atoms with Gasteiger partial charge in [-0.25, -0.2) is 0 Å². The minimum absolute atomic E-state index is 0.177. The van der Waals surface area contributed by atoms with Gasteiger partial charge in [0.15, 0.2) is 5.78 Å². The van der Waals surface area contributed by atoms with E-state index in [0.29, 0.717) is 6.42 Å². The smallest absolute Gasteiger partial charge is 0.168 e. The molecule has 0 saturated carbocycles. The van der Waals surface area contributed by atoms with Gasteiger partial charge in [-0.05, 0) is 19.1 Å². The number of Topliss-reactive ketones (excluding diaryl/α,β-unsaturated/α-hetero) is 1. The van der Waals surface area contributed by atoms with Crippen molar-refractivity contribution in [2.75, 3.05) is 5.32 Å². The summed E-state index contributed by atoms with van der Waals surface area (Å²) in [6, 6.07) is 7.94. The molecule has 1 N–H and O–H groups in total. The predicted octanol–water partition coefficient (Wildman–Crippen LogP) is 2.63. The van der Waals surface area contributed by atoms with Crippen molar-refractivity contribution in [3.05, 3.63) is 42.0 Å². The lowest BCUT2D eigenvalue weighted by Gasteiger charge is -2.16. The van der Waals surface area contributed by atoms with Gasteiger partial charge in [0.25, 0.3) is 0 Å². The van der Waals surface area contributed by atoms with Crippen molar-refractivity contribution in [2.45, 2.75) is 19.4 Å². The molecule has 72 valence electrons. The molecule has 1 heterocycles. The Hall–Kier alpha value is -1.57. The molecule has 1 aromatic rings. The quantitative estimate of drug-likeness (QED) is 0.632. The molecule has 0 bridgehead atoms. The molecule has 1 aliphatic heterocycles. The number of ketones is 1. The van der Waals surface area contributed by atoms with E-state index in [2.05, 4.69) is 12.2 Å². The van der Waals surface area contributed by atoms with Crippen LogP contribution in [-0.4, -0.2) is 11.8 Å². The lowest BCUT2D eigenvalue weighted by Crippen LogP contribution is -2.16. The second-order valence-electron chi connectivity index (χ2n) is 3.53. The lowest BCUT2D eigenvalue weighted by atomic mass is 10.0. The van der Waals surface area contributed by atoms with Crippen LogP contribution in [0.4, 0.5) is 5.69 Å². The number of para-hydroxylation sites is 1. The maximum absolute atomic E-state index is 11.7. The Bertz CT molecular complexity index is 382. The van der Waals surface area contributed by atoms with Gasteiger partial charge >= 0.3 is 0 Å². The summed E-state index contributed by atoms with van der Waals surface area (Å²) in [5, 5.41) is 3.29. The Morgan fingerprint density at radius 1 is 1.36 bits per heavy atom. The highest BCUT2D eigenvalue weighted by Crippen LogP contribution is 2.20. The first-order valence-corrected chi connectivity index (χ1v) is 4.83. The van der Waals surface area contributed by atoms with Crippen LogP contribution in [0.25, 0.3) is 0 Å². The Kier molecular flexibility index (Phi) is 2.35. The van der Waals surface area contributed by atoms with Crippen LogP contribution in [0.2, 0.25) is 0 Å². The molecular weight excluding hydrogens is 174 g/mol. The van der Waals surface area contributed by atoms with Crippen molar-refractivity contribution in [2.24, 2.45) is 0 Å². The molecule has 1 atom stereocenters. The van der Waals surface area contributed by atoms with E-state index in [0.717, 1.165) is 11.3 Å². The molecular formula is C12H13NO. The van der Waals surface area contributed by atoms with E-state index >= 15 is 0 Å². The Balaban J connectivity index is 2.43. The van der Waals surface area contributed by atoms with Crippen molar-refractivity contribution in [3.63, 3.8) is 0 Å². The summed E-state index contributed by atoms with van der Waals surface area (Å²) in [6.45, 7) is 2.07. The van der Waals surface area contributed by atoms with Gasteiger partial charge in [0.1, 0.15) is 0 Å². The molecule has 0 saturated heterocycles. The Morgan fingerprint density at radius 3 is 3.00 bits per heavy atom. The van der Waals surface area contributed by atoms with E-state index in [4.69, 9.17) is 0 Å². The summed E-state index contributed by atoms with van der Waals surface area (Å²) in [5.74, 6) is 0.177. The lowest BCUT2D eigenvalue weighted by molar-refractivity contribution is 0.0996. The second kappa shape index (κ2) is 3.66. The highest BCUT2D eigenvalue weighted by Gasteiger charge is 2.12. The highest BCUT2D eigenvalue weighted by molar-refractivity contribution is 6.02. The number of hydrogen-bond donors (Lipinski definition) is 1. The first kappa shape index (κ1) is 9.00. The van der Waals surface area contributed by atoms with Crippen LogP contribution >= 0.6 is 0 Å². The summed E-state index contributed by atoms with van der Waals surface area (Å²) < 4.78 is 0. The number of anilines is 1. The third kappa shape index (κ3) is 1.69. The van der Waals surface area contributed by atoms with Crippen LogP contribution in [0.1, 0.15) is 23.7 Å². The molecule has 0 aromatic heterocycles. The first-order chi connectivity index (χ1) is 6.77. The molecule has 0 spiro atoms. The minimum atomic E-state index is 0.177. The molecule has 0 radical (unpaired) electrons. The molecule has 0 fully saturated rings. The van der Waals surface area contributed by atoms with Crippen LogP contribution in [0.5, 0.6) is 0 Å². The maximum Gasteiger partial charge on any atom is 0.168 e. The normalized spacial score (nSPS) is 20.6.